The van der Waals surface area contributed by atoms with Crippen LogP contribution in [0.5, 0.6) is 0 Å². The van der Waals surface area contributed by atoms with E-state index >= 15 is 0 Å². The Morgan fingerprint density at radius 3 is 2.42 bits per heavy atom. The van der Waals surface area contributed by atoms with E-state index in [2.05, 4.69) is 4.98 Å². The van der Waals surface area contributed by atoms with E-state index < -0.39 is 11.2 Å². The Morgan fingerprint density at radius 1 is 1.10 bits per heavy atom. The molecule has 0 aliphatic rings. The molecule has 31 heavy (non-hydrogen) atoms. The molecule has 0 fully saturated rings. The maximum Gasteiger partial charge on any atom is 0.330 e. The van der Waals surface area contributed by atoms with Gasteiger partial charge in [-0.1, -0.05) is 54.1 Å². The highest BCUT2D eigenvalue weighted by molar-refractivity contribution is 6.30. The lowest BCUT2D eigenvalue weighted by Gasteiger charge is -2.24. The van der Waals surface area contributed by atoms with Crippen LogP contribution in [0.3, 0.4) is 0 Å². The first-order valence-electron chi connectivity index (χ1n) is 9.61. The fraction of sp³-hybridized carbons (Fsp3) is 0.227. The number of hydrogen-bond acceptors (Lipinski definition) is 5. The summed E-state index contributed by atoms with van der Waals surface area (Å²) in [7, 11) is 1.49. The van der Waals surface area contributed by atoms with E-state index in [0.29, 0.717) is 5.02 Å². The van der Waals surface area contributed by atoms with Gasteiger partial charge in [0.2, 0.25) is 5.91 Å². The highest BCUT2D eigenvalue weighted by Gasteiger charge is 2.24. The van der Waals surface area contributed by atoms with Gasteiger partial charge in [-0.3, -0.25) is 19.1 Å². The van der Waals surface area contributed by atoms with Gasteiger partial charge in [0.05, 0.1) is 19.6 Å². The number of aromatic amines is 1. The van der Waals surface area contributed by atoms with Crippen LogP contribution in [0.4, 0.5) is 11.5 Å². The quantitative estimate of drug-likeness (QED) is 0.554. The molecule has 0 aliphatic heterocycles. The fourth-order valence-electron chi connectivity index (χ4n) is 3.18. The zero-order valence-corrected chi connectivity index (χ0v) is 17.8. The van der Waals surface area contributed by atoms with Crippen LogP contribution >= 0.6 is 11.6 Å². The molecule has 0 saturated heterocycles. The predicted octanol–water partition coefficient (Wildman–Crippen LogP) is 2.04. The van der Waals surface area contributed by atoms with Gasteiger partial charge in [0.25, 0.3) is 5.56 Å². The van der Waals surface area contributed by atoms with Crippen molar-refractivity contribution in [2.24, 2.45) is 0 Å². The summed E-state index contributed by atoms with van der Waals surface area (Å²) in [6.07, 6.45) is 0.0254. The van der Waals surface area contributed by atoms with Gasteiger partial charge in [-0.2, -0.15) is 0 Å². The lowest BCUT2D eigenvalue weighted by atomic mass is 10.1. The van der Waals surface area contributed by atoms with E-state index in [0.717, 1.165) is 11.1 Å². The molecule has 0 aliphatic carbocycles. The molecule has 0 radical (unpaired) electrons. The van der Waals surface area contributed by atoms with Crippen LogP contribution in [0.25, 0.3) is 0 Å². The largest absolute Gasteiger partial charge is 0.383 e. The number of carbonyl (C=O) groups is 1. The smallest absolute Gasteiger partial charge is 0.330 e. The van der Waals surface area contributed by atoms with Crippen molar-refractivity contribution in [1.29, 1.82) is 0 Å². The number of H-pyrrole nitrogens is 1. The van der Waals surface area contributed by atoms with Gasteiger partial charge in [-0.05, 0) is 23.3 Å². The van der Waals surface area contributed by atoms with Gasteiger partial charge in [0.15, 0.2) is 5.69 Å². The van der Waals surface area contributed by atoms with Gasteiger partial charge in [0, 0.05) is 18.7 Å². The minimum Gasteiger partial charge on any atom is -0.383 e. The molecule has 3 aromatic rings. The number of halogens is 1. The summed E-state index contributed by atoms with van der Waals surface area (Å²) in [5.74, 6) is -0.445. The average Bonchev–Trinajstić information content (AvgIpc) is 2.75. The lowest BCUT2D eigenvalue weighted by Crippen LogP contribution is -2.43. The van der Waals surface area contributed by atoms with E-state index in [1.54, 1.807) is 24.3 Å². The molecule has 3 rings (SSSR count). The number of nitrogens with one attached hydrogen (secondary N) is 1. The molecule has 0 saturated carbocycles. The molecule has 0 atom stereocenters. The van der Waals surface area contributed by atoms with Crippen LogP contribution in [0.1, 0.15) is 11.1 Å². The van der Waals surface area contributed by atoms with Crippen molar-refractivity contribution < 1.29 is 9.53 Å². The van der Waals surface area contributed by atoms with Crippen LogP contribution in [0.15, 0.2) is 64.2 Å². The number of amides is 1. The maximum absolute atomic E-state index is 13.1. The third-order valence-electron chi connectivity index (χ3n) is 4.76. The molecule has 2 aromatic carbocycles. The number of methoxy groups -OCH3 is 1. The van der Waals surface area contributed by atoms with E-state index in [1.807, 2.05) is 30.3 Å². The zero-order chi connectivity index (χ0) is 22.4. The van der Waals surface area contributed by atoms with Crippen molar-refractivity contribution in [1.82, 2.24) is 9.55 Å². The summed E-state index contributed by atoms with van der Waals surface area (Å²) < 4.78 is 6.34. The first kappa shape index (κ1) is 22.3. The molecule has 0 bridgehead atoms. The molecular weight excluding hydrogens is 420 g/mol. The predicted molar refractivity (Wildman–Crippen MR) is 121 cm³/mol. The Morgan fingerprint density at radius 2 is 1.77 bits per heavy atom. The standard InChI is InChI=1S/C22H23ClN4O4/c1-31-12-11-26(18(28)13-15-7-9-17(23)10-8-15)19-20(24)27(22(30)25-21(19)29)14-16-5-3-2-4-6-16/h2-10H,11-14,24H2,1H3,(H,25,29,30). The van der Waals surface area contributed by atoms with Crippen molar-refractivity contribution in [3.05, 3.63) is 91.6 Å². The summed E-state index contributed by atoms with van der Waals surface area (Å²) >= 11 is 5.91. The number of aromatic nitrogens is 2. The van der Waals surface area contributed by atoms with Crippen molar-refractivity contribution in [2.75, 3.05) is 30.9 Å². The van der Waals surface area contributed by atoms with Crippen LogP contribution in [0.2, 0.25) is 5.02 Å². The third-order valence-corrected chi connectivity index (χ3v) is 5.01. The van der Waals surface area contributed by atoms with Crippen molar-refractivity contribution >= 4 is 29.0 Å². The maximum atomic E-state index is 13.1. The second kappa shape index (κ2) is 10.1. The van der Waals surface area contributed by atoms with Crippen molar-refractivity contribution in [2.45, 2.75) is 13.0 Å². The second-order valence-electron chi connectivity index (χ2n) is 6.91. The van der Waals surface area contributed by atoms with Gasteiger partial charge in [0.1, 0.15) is 5.82 Å². The van der Waals surface area contributed by atoms with Crippen molar-refractivity contribution in [3.8, 4) is 0 Å². The summed E-state index contributed by atoms with van der Waals surface area (Å²) in [4.78, 5) is 41.7. The van der Waals surface area contributed by atoms with E-state index in [1.165, 1.54) is 16.6 Å². The molecule has 0 spiro atoms. The van der Waals surface area contributed by atoms with Gasteiger partial charge < -0.3 is 15.4 Å². The Labute approximate surface area is 183 Å². The lowest BCUT2D eigenvalue weighted by molar-refractivity contribution is -0.118. The molecule has 9 heteroatoms. The second-order valence-corrected chi connectivity index (χ2v) is 7.34. The van der Waals surface area contributed by atoms with Crippen LogP contribution in [-0.2, 0) is 22.5 Å². The monoisotopic (exact) mass is 442 g/mol. The van der Waals surface area contributed by atoms with Crippen LogP contribution in [0, 0.1) is 0 Å². The molecule has 0 unspecified atom stereocenters. The minimum atomic E-state index is -0.729. The summed E-state index contributed by atoms with van der Waals surface area (Å²) in [5.41, 5.74) is 6.35. The number of rotatable bonds is 8. The van der Waals surface area contributed by atoms with E-state index in [4.69, 9.17) is 22.1 Å². The summed E-state index contributed by atoms with van der Waals surface area (Å²) in [6, 6.07) is 16.0. The number of carbonyl (C=O) groups excluding carboxylic acids is 1. The number of nitrogens with zero attached hydrogens (tertiary/aromatic N) is 2. The Bertz CT molecular complexity index is 1160. The first-order chi connectivity index (χ1) is 14.9. The summed E-state index contributed by atoms with van der Waals surface area (Å²) in [6.45, 7) is 0.432. The third kappa shape index (κ3) is 5.42. The number of nitrogen functional groups attached to an aromatic ring is 1. The highest BCUT2D eigenvalue weighted by atomic mass is 35.5. The number of nitrogens with two attached hydrogens (primary N) is 1. The topological polar surface area (TPSA) is 110 Å². The average molecular weight is 443 g/mol. The Hall–Kier alpha value is -3.36. The van der Waals surface area contributed by atoms with Crippen LogP contribution < -0.4 is 21.9 Å². The first-order valence-corrected chi connectivity index (χ1v) is 9.98. The SMILES string of the molecule is COCCN(C(=O)Cc1ccc(Cl)cc1)c1c(N)n(Cc2ccccc2)c(=O)[nH]c1=O. The summed E-state index contributed by atoms with van der Waals surface area (Å²) in [5, 5.41) is 0.557. The minimum absolute atomic E-state index is 0.0254. The van der Waals surface area contributed by atoms with Gasteiger partial charge >= 0.3 is 5.69 Å². The van der Waals surface area contributed by atoms with E-state index in [-0.39, 0.29) is 43.5 Å². The van der Waals surface area contributed by atoms with E-state index in [9.17, 15) is 14.4 Å². The number of benzene rings is 2. The zero-order valence-electron chi connectivity index (χ0n) is 17.0. The molecule has 1 amide bonds. The Balaban J connectivity index is 2.00. The van der Waals surface area contributed by atoms with Crippen molar-refractivity contribution in [3.63, 3.8) is 0 Å². The van der Waals surface area contributed by atoms with Gasteiger partial charge in [-0.15, -0.1) is 0 Å². The normalized spacial score (nSPS) is 10.8. The molecule has 1 aromatic heterocycles. The number of ether oxygens (including phenoxy) is 1. The molecule has 162 valence electrons. The number of hydrogen-bond donors (Lipinski definition) is 2. The molecule has 3 N–H and O–H groups in total. The Kier molecular flexibility index (Phi) is 7.28. The van der Waals surface area contributed by atoms with Gasteiger partial charge in [-0.25, -0.2) is 4.79 Å². The molecular formula is C22H23ClN4O4. The van der Waals surface area contributed by atoms with Crippen LogP contribution in [-0.4, -0.2) is 35.7 Å². The fourth-order valence-corrected chi connectivity index (χ4v) is 3.30. The molecule has 1 heterocycles. The highest BCUT2D eigenvalue weighted by Crippen LogP contribution is 2.19. The molecule has 8 nitrogen and oxygen atoms in total. The number of anilines is 2.